The molecule has 1 N–H and O–H groups in total. The molecule has 0 unspecified atom stereocenters. The molecule has 5 heteroatoms. The predicted octanol–water partition coefficient (Wildman–Crippen LogP) is 3.00. The molecule has 1 fully saturated rings. The van der Waals surface area contributed by atoms with Gasteiger partial charge in [-0.05, 0) is 30.7 Å². The van der Waals surface area contributed by atoms with E-state index >= 15 is 0 Å². The van der Waals surface area contributed by atoms with Crippen molar-refractivity contribution in [1.29, 1.82) is 0 Å². The average molecular weight is 252 g/mol. The molecule has 90 valence electrons. The van der Waals surface area contributed by atoms with E-state index in [9.17, 15) is 4.79 Å². The lowest BCUT2D eigenvalue weighted by Crippen LogP contribution is -2.21. The number of nitrogens with zero attached hydrogens (tertiary/aromatic N) is 2. The molecule has 1 aliphatic heterocycles. The summed E-state index contributed by atoms with van der Waals surface area (Å²) < 4.78 is 0. The van der Waals surface area contributed by atoms with Gasteiger partial charge in [0.25, 0.3) is 0 Å². The molecule has 0 bridgehead atoms. The van der Waals surface area contributed by atoms with Crippen LogP contribution in [-0.4, -0.2) is 30.4 Å². The average Bonchev–Trinajstić information content (AvgIpc) is 2.68. The van der Waals surface area contributed by atoms with E-state index in [1.807, 2.05) is 11.9 Å². The summed E-state index contributed by atoms with van der Waals surface area (Å²) in [6.45, 7) is 0.965. The number of nitrogens with one attached hydrogen (secondary N) is 1. The minimum Gasteiger partial charge on any atom is -0.363 e. The highest BCUT2D eigenvalue weighted by Crippen LogP contribution is 2.14. The third kappa shape index (κ3) is 3.20. The maximum absolute atomic E-state index is 11.6. The number of hydrogen-bond donors (Lipinski definition) is 1. The Bertz CT molecular complexity index is 442. The van der Waals surface area contributed by atoms with Crippen LogP contribution in [0.1, 0.15) is 12.8 Å². The number of likely N-dealkylation sites (tertiary alicyclic amines) is 1. The van der Waals surface area contributed by atoms with Crippen molar-refractivity contribution in [2.24, 2.45) is 4.99 Å². The second kappa shape index (κ2) is 5.19. The van der Waals surface area contributed by atoms with Gasteiger partial charge in [-0.15, -0.1) is 0 Å². The number of aliphatic imine (C=N–C) groups is 1. The van der Waals surface area contributed by atoms with Gasteiger partial charge in [-0.25, -0.2) is 4.79 Å². The number of amides is 2. The molecule has 1 aromatic carbocycles. The summed E-state index contributed by atoms with van der Waals surface area (Å²) >= 11 is 5.76. The summed E-state index contributed by atoms with van der Waals surface area (Å²) in [7, 11) is 1.95. The highest BCUT2D eigenvalue weighted by molar-refractivity contribution is 6.30. The van der Waals surface area contributed by atoms with Crippen LogP contribution in [0.25, 0.3) is 0 Å². The van der Waals surface area contributed by atoms with Crippen molar-refractivity contribution in [2.45, 2.75) is 12.8 Å². The number of rotatable bonds is 1. The number of benzene rings is 1. The minimum absolute atomic E-state index is 0.337. The van der Waals surface area contributed by atoms with Crippen LogP contribution < -0.4 is 5.32 Å². The Morgan fingerprint density at radius 1 is 1.41 bits per heavy atom. The van der Waals surface area contributed by atoms with Gasteiger partial charge >= 0.3 is 6.03 Å². The van der Waals surface area contributed by atoms with E-state index in [4.69, 9.17) is 11.6 Å². The molecule has 0 aliphatic carbocycles. The summed E-state index contributed by atoms with van der Waals surface area (Å²) in [4.78, 5) is 17.7. The fourth-order valence-corrected chi connectivity index (χ4v) is 1.86. The fraction of sp³-hybridized carbons (Fsp3) is 0.333. The summed E-state index contributed by atoms with van der Waals surface area (Å²) in [5, 5.41) is 3.35. The zero-order valence-electron chi connectivity index (χ0n) is 9.61. The van der Waals surface area contributed by atoms with Crippen LogP contribution in [0.5, 0.6) is 0 Å². The molecule has 2 amide bonds. The quantitative estimate of drug-likeness (QED) is 0.834. The lowest BCUT2D eigenvalue weighted by Gasteiger charge is -2.10. The zero-order valence-corrected chi connectivity index (χ0v) is 10.4. The van der Waals surface area contributed by atoms with Crippen molar-refractivity contribution < 1.29 is 4.79 Å². The molecule has 1 aromatic rings. The van der Waals surface area contributed by atoms with Crippen LogP contribution in [-0.2, 0) is 0 Å². The van der Waals surface area contributed by atoms with Gasteiger partial charge in [-0.1, -0.05) is 11.6 Å². The Labute approximate surface area is 105 Å². The third-order valence-corrected chi connectivity index (χ3v) is 2.91. The van der Waals surface area contributed by atoms with Crippen molar-refractivity contribution >= 4 is 29.2 Å². The number of amidine groups is 1. The lowest BCUT2D eigenvalue weighted by molar-refractivity contribution is 0.259. The number of carbonyl (C=O) groups is 1. The van der Waals surface area contributed by atoms with E-state index in [0.29, 0.717) is 10.7 Å². The number of anilines is 1. The van der Waals surface area contributed by atoms with Crippen LogP contribution in [0.2, 0.25) is 5.02 Å². The van der Waals surface area contributed by atoms with E-state index in [0.717, 1.165) is 25.2 Å². The minimum atomic E-state index is -0.337. The SMILES string of the molecule is CN1CCCC1=NC(=O)Nc1ccc(Cl)cc1. The molecule has 0 aromatic heterocycles. The maximum atomic E-state index is 11.6. The fourth-order valence-electron chi connectivity index (χ4n) is 1.74. The largest absolute Gasteiger partial charge is 0.363 e. The Morgan fingerprint density at radius 2 is 2.12 bits per heavy atom. The molecule has 0 spiro atoms. The zero-order chi connectivity index (χ0) is 12.3. The molecular weight excluding hydrogens is 238 g/mol. The number of hydrogen-bond acceptors (Lipinski definition) is 1. The van der Waals surface area contributed by atoms with Gasteiger partial charge < -0.3 is 10.2 Å². The van der Waals surface area contributed by atoms with Crippen LogP contribution in [0.15, 0.2) is 29.3 Å². The first-order valence-electron chi connectivity index (χ1n) is 5.50. The Kier molecular flexibility index (Phi) is 3.64. The molecule has 0 saturated carbocycles. The van der Waals surface area contributed by atoms with Gasteiger partial charge in [-0.2, -0.15) is 4.99 Å². The molecule has 0 atom stereocenters. The molecule has 1 aliphatic rings. The summed E-state index contributed by atoms with van der Waals surface area (Å²) in [5.41, 5.74) is 0.699. The van der Waals surface area contributed by atoms with Gasteiger partial charge in [-0.3, -0.25) is 0 Å². The van der Waals surface area contributed by atoms with Crippen molar-refractivity contribution in [3.63, 3.8) is 0 Å². The Hall–Kier alpha value is -1.55. The van der Waals surface area contributed by atoms with E-state index in [-0.39, 0.29) is 6.03 Å². The maximum Gasteiger partial charge on any atom is 0.347 e. The monoisotopic (exact) mass is 251 g/mol. The normalized spacial score (nSPS) is 17.5. The number of carbonyl (C=O) groups excluding carboxylic acids is 1. The smallest absolute Gasteiger partial charge is 0.347 e. The van der Waals surface area contributed by atoms with Gasteiger partial charge in [0, 0.05) is 30.7 Å². The van der Waals surface area contributed by atoms with Crippen LogP contribution in [0.4, 0.5) is 10.5 Å². The highest BCUT2D eigenvalue weighted by Gasteiger charge is 2.15. The van der Waals surface area contributed by atoms with Gasteiger partial charge in [0.05, 0.1) is 0 Å². The van der Waals surface area contributed by atoms with Gasteiger partial charge in [0.15, 0.2) is 0 Å². The molecule has 1 saturated heterocycles. The molecule has 2 rings (SSSR count). The highest BCUT2D eigenvalue weighted by atomic mass is 35.5. The summed E-state index contributed by atoms with van der Waals surface area (Å²) in [5.74, 6) is 0.844. The van der Waals surface area contributed by atoms with Crippen molar-refractivity contribution in [2.75, 3.05) is 18.9 Å². The van der Waals surface area contributed by atoms with Crippen LogP contribution >= 0.6 is 11.6 Å². The van der Waals surface area contributed by atoms with E-state index in [1.54, 1.807) is 24.3 Å². The number of urea groups is 1. The topological polar surface area (TPSA) is 44.7 Å². The standard InChI is InChI=1S/C12H14ClN3O/c1-16-8-2-3-11(16)15-12(17)14-10-6-4-9(13)5-7-10/h4-7H,2-3,8H2,1H3,(H,14,17). The second-order valence-electron chi connectivity index (χ2n) is 3.99. The van der Waals surface area contributed by atoms with E-state index < -0.39 is 0 Å². The van der Waals surface area contributed by atoms with Crippen LogP contribution in [0.3, 0.4) is 0 Å². The van der Waals surface area contributed by atoms with Gasteiger partial charge in [0.2, 0.25) is 0 Å². The van der Waals surface area contributed by atoms with Crippen molar-refractivity contribution in [3.8, 4) is 0 Å². The summed E-state index contributed by atoms with van der Waals surface area (Å²) in [6, 6.07) is 6.62. The van der Waals surface area contributed by atoms with E-state index in [1.165, 1.54) is 0 Å². The molecular formula is C12H14ClN3O. The number of halogens is 1. The molecule has 0 radical (unpaired) electrons. The summed E-state index contributed by atoms with van der Waals surface area (Å²) in [6.07, 6.45) is 1.92. The van der Waals surface area contributed by atoms with Crippen molar-refractivity contribution in [1.82, 2.24) is 4.90 Å². The Morgan fingerprint density at radius 3 is 2.71 bits per heavy atom. The first kappa shape index (κ1) is 11.9. The Balaban J connectivity index is 2.00. The third-order valence-electron chi connectivity index (χ3n) is 2.66. The van der Waals surface area contributed by atoms with Crippen LogP contribution in [0, 0.1) is 0 Å². The van der Waals surface area contributed by atoms with E-state index in [2.05, 4.69) is 10.3 Å². The predicted molar refractivity (Wildman–Crippen MR) is 69.8 cm³/mol. The molecule has 17 heavy (non-hydrogen) atoms. The second-order valence-corrected chi connectivity index (χ2v) is 4.43. The molecule has 4 nitrogen and oxygen atoms in total. The first-order chi connectivity index (χ1) is 8.15. The van der Waals surface area contributed by atoms with Gasteiger partial charge in [0.1, 0.15) is 5.84 Å². The first-order valence-corrected chi connectivity index (χ1v) is 5.88. The van der Waals surface area contributed by atoms with Crippen molar-refractivity contribution in [3.05, 3.63) is 29.3 Å². The lowest BCUT2D eigenvalue weighted by atomic mass is 10.3. The molecule has 1 heterocycles.